The summed E-state index contributed by atoms with van der Waals surface area (Å²) in [7, 11) is 0. The predicted molar refractivity (Wildman–Crippen MR) is 43.3 cm³/mol. The summed E-state index contributed by atoms with van der Waals surface area (Å²) in [6.07, 6.45) is 4.27. The lowest BCUT2D eigenvalue weighted by Crippen LogP contribution is -2.20. The van der Waals surface area contributed by atoms with Gasteiger partial charge in [-0.2, -0.15) is 0 Å². The Kier molecular flexibility index (Phi) is 2.29. The number of aromatic nitrogens is 2. The fourth-order valence-corrected chi connectivity index (χ4v) is 1.03. The largest absolute Gasteiger partial charge is 0.396 e. The maximum Gasteiger partial charge on any atom is 0.111 e. The molecule has 0 aliphatic heterocycles. The van der Waals surface area contributed by atoms with E-state index in [4.69, 9.17) is 5.11 Å². The first kappa shape index (κ1) is 8.27. The van der Waals surface area contributed by atoms with Crippen molar-refractivity contribution in [2.45, 2.75) is 25.7 Å². The maximum atomic E-state index is 8.76. The molecule has 1 heterocycles. The number of nitrogens with zero attached hydrogens (tertiary/aromatic N) is 1. The second-order valence-corrected chi connectivity index (χ2v) is 3.30. The Balaban J connectivity index is 2.73. The summed E-state index contributed by atoms with van der Waals surface area (Å²) in [6, 6.07) is 0. The second kappa shape index (κ2) is 3.05. The molecule has 0 bridgehead atoms. The molecule has 0 spiro atoms. The van der Waals surface area contributed by atoms with Gasteiger partial charge in [0.25, 0.3) is 0 Å². The molecule has 2 N–H and O–H groups in total. The van der Waals surface area contributed by atoms with Gasteiger partial charge < -0.3 is 10.1 Å². The van der Waals surface area contributed by atoms with Crippen LogP contribution in [0.2, 0.25) is 0 Å². The lowest BCUT2D eigenvalue weighted by atomic mass is 9.89. The van der Waals surface area contributed by atoms with Crippen molar-refractivity contribution in [2.24, 2.45) is 0 Å². The van der Waals surface area contributed by atoms with Crippen LogP contribution in [-0.4, -0.2) is 21.7 Å². The monoisotopic (exact) mass is 154 g/mol. The van der Waals surface area contributed by atoms with E-state index in [-0.39, 0.29) is 12.0 Å². The molecule has 0 unspecified atom stereocenters. The zero-order chi connectivity index (χ0) is 8.32. The number of hydrogen-bond acceptors (Lipinski definition) is 2. The Bertz CT molecular complexity index is 204. The molecular formula is C8H14N2O. The van der Waals surface area contributed by atoms with Crippen LogP contribution in [0.3, 0.4) is 0 Å². The van der Waals surface area contributed by atoms with Gasteiger partial charge in [0.05, 0.1) is 0 Å². The second-order valence-electron chi connectivity index (χ2n) is 3.30. The number of nitrogens with one attached hydrogen (secondary N) is 1. The van der Waals surface area contributed by atoms with Crippen molar-refractivity contribution in [1.29, 1.82) is 0 Å². The van der Waals surface area contributed by atoms with Gasteiger partial charge in [-0.05, 0) is 6.42 Å². The van der Waals surface area contributed by atoms with Crippen LogP contribution in [0.25, 0.3) is 0 Å². The summed E-state index contributed by atoms with van der Waals surface area (Å²) in [4.78, 5) is 7.18. The van der Waals surface area contributed by atoms with Gasteiger partial charge in [-0.1, -0.05) is 13.8 Å². The van der Waals surface area contributed by atoms with Crippen molar-refractivity contribution >= 4 is 0 Å². The highest BCUT2D eigenvalue weighted by atomic mass is 16.3. The van der Waals surface area contributed by atoms with Gasteiger partial charge in [0.1, 0.15) is 5.82 Å². The molecule has 11 heavy (non-hydrogen) atoms. The molecule has 3 heteroatoms. The number of hydrogen-bond donors (Lipinski definition) is 2. The van der Waals surface area contributed by atoms with Crippen molar-refractivity contribution in [3.05, 3.63) is 18.2 Å². The maximum absolute atomic E-state index is 8.76. The molecule has 0 amide bonds. The fourth-order valence-electron chi connectivity index (χ4n) is 1.03. The lowest BCUT2D eigenvalue weighted by molar-refractivity contribution is 0.248. The topological polar surface area (TPSA) is 48.9 Å². The van der Waals surface area contributed by atoms with E-state index in [0.29, 0.717) is 0 Å². The predicted octanol–water partition coefficient (Wildman–Crippen LogP) is 1.07. The average Bonchev–Trinajstić information content (AvgIpc) is 2.37. The Labute approximate surface area is 66.5 Å². The van der Waals surface area contributed by atoms with E-state index in [1.54, 1.807) is 12.4 Å². The minimum absolute atomic E-state index is 0.0434. The summed E-state index contributed by atoms with van der Waals surface area (Å²) in [5.74, 6) is 0.937. The summed E-state index contributed by atoms with van der Waals surface area (Å²) < 4.78 is 0. The summed E-state index contributed by atoms with van der Waals surface area (Å²) >= 11 is 0. The minimum atomic E-state index is -0.0434. The van der Waals surface area contributed by atoms with E-state index in [1.165, 1.54) is 0 Å². The fraction of sp³-hybridized carbons (Fsp3) is 0.625. The van der Waals surface area contributed by atoms with Crippen molar-refractivity contribution in [2.75, 3.05) is 6.61 Å². The highest BCUT2D eigenvalue weighted by molar-refractivity contribution is 5.03. The van der Waals surface area contributed by atoms with Crippen molar-refractivity contribution in [3.63, 3.8) is 0 Å². The van der Waals surface area contributed by atoms with Crippen LogP contribution in [-0.2, 0) is 5.41 Å². The molecule has 1 aromatic heterocycles. The first-order chi connectivity index (χ1) is 5.17. The molecule has 0 aliphatic carbocycles. The molecule has 0 aromatic carbocycles. The van der Waals surface area contributed by atoms with Gasteiger partial charge >= 0.3 is 0 Å². The lowest BCUT2D eigenvalue weighted by Gasteiger charge is -2.20. The molecule has 0 radical (unpaired) electrons. The van der Waals surface area contributed by atoms with Gasteiger partial charge in [0.15, 0.2) is 0 Å². The van der Waals surface area contributed by atoms with E-state index in [0.717, 1.165) is 12.2 Å². The van der Waals surface area contributed by atoms with Crippen LogP contribution < -0.4 is 0 Å². The van der Waals surface area contributed by atoms with E-state index >= 15 is 0 Å². The molecule has 3 nitrogen and oxygen atoms in total. The first-order valence-electron chi connectivity index (χ1n) is 3.77. The van der Waals surface area contributed by atoms with E-state index in [2.05, 4.69) is 23.8 Å². The van der Waals surface area contributed by atoms with Gasteiger partial charge in [-0.25, -0.2) is 4.98 Å². The molecule has 0 atom stereocenters. The van der Waals surface area contributed by atoms with Crippen molar-refractivity contribution in [1.82, 2.24) is 9.97 Å². The molecule has 0 fully saturated rings. The molecule has 1 aromatic rings. The number of imidazole rings is 1. The number of aromatic amines is 1. The standard InChI is InChI=1S/C8H14N2O/c1-8(2,3-6-11)7-9-4-5-10-7/h4-5,11H,3,6H2,1-2H3,(H,9,10). The smallest absolute Gasteiger partial charge is 0.111 e. The van der Waals surface area contributed by atoms with Crippen LogP contribution in [0.4, 0.5) is 0 Å². The SMILES string of the molecule is CC(C)(CCO)c1ncc[nH]1. The third kappa shape index (κ3) is 1.80. The highest BCUT2D eigenvalue weighted by Gasteiger charge is 2.21. The van der Waals surface area contributed by atoms with Crippen LogP contribution in [0.5, 0.6) is 0 Å². The zero-order valence-electron chi connectivity index (χ0n) is 6.96. The van der Waals surface area contributed by atoms with Crippen LogP contribution in [0.1, 0.15) is 26.1 Å². The van der Waals surface area contributed by atoms with Crippen LogP contribution in [0.15, 0.2) is 12.4 Å². The van der Waals surface area contributed by atoms with Crippen LogP contribution >= 0.6 is 0 Å². The number of rotatable bonds is 3. The molecule has 1 rings (SSSR count). The van der Waals surface area contributed by atoms with Gasteiger partial charge in [-0.15, -0.1) is 0 Å². The molecule has 62 valence electrons. The summed E-state index contributed by atoms with van der Waals surface area (Å²) in [6.45, 7) is 4.32. The van der Waals surface area contributed by atoms with Gasteiger partial charge in [0.2, 0.25) is 0 Å². The Hall–Kier alpha value is -0.830. The van der Waals surface area contributed by atoms with Gasteiger partial charge in [0, 0.05) is 24.4 Å². The molecule has 0 saturated carbocycles. The summed E-state index contributed by atoms with van der Waals surface area (Å²) in [5, 5.41) is 8.76. The van der Waals surface area contributed by atoms with Crippen molar-refractivity contribution in [3.8, 4) is 0 Å². The van der Waals surface area contributed by atoms with Gasteiger partial charge in [-0.3, -0.25) is 0 Å². The zero-order valence-corrected chi connectivity index (χ0v) is 6.96. The number of aliphatic hydroxyl groups excluding tert-OH is 1. The normalized spacial score (nSPS) is 11.9. The Morgan fingerprint density at radius 3 is 2.82 bits per heavy atom. The molecule has 0 saturated heterocycles. The average molecular weight is 154 g/mol. The molecule has 0 aliphatic rings. The van der Waals surface area contributed by atoms with Crippen molar-refractivity contribution < 1.29 is 5.11 Å². The third-order valence-corrected chi connectivity index (χ3v) is 1.88. The van der Waals surface area contributed by atoms with E-state index in [9.17, 15) is 0 Å². The number of aliphatic hydroxyl groups is 1. The number of H-pyrrole nitrogens is 1. The highest BCUT2D eigenvalue weighted by Crippen LogP contribution is 2.22. The summed E-state index contributed by atoms with van der Waals surface area (Å²) in [5.41, 5.74) is -0.0434. The van der Waals surface area contributed by atoms with E-state index < -0.39 is 0 Å². The molecular weight excluding hydrogens is 140 g/mol. The third-order valence-electron chi connectivity index (χ3n) is 1.88. The minimum Gasteiger partial charge on any atom is -0.396 e. The first-order valence-corrected chi connectivity index (χ1v) is 3.77. The Morgan fingerprint density at radius 1 is 1.64 bits per heavy atom. The Morgan fingerprint density at radius 2 is 2.36 bits per heavy atom. The quantitative estimate of drug-likeness (QED) is 0.684. The van der Waals surface area contributed by atoms with Crippen LogP contribution in [0, 0.1) is 0 Å². The van der Waals surface area contributed by atoms with E-state index in [1.807, 2.05) is 0 Å².